The molecule has 0 bridgehead atoms. The first kappa shape index (κ1) is 17.9. The van der Waals surface area contributed by atoms with Gasteiger partial charge in [0.15, 0.2) is 5.76 Å². The van der Waals surface area contributed by atoms with Crippen LogP contribution in [0.4, 0.5) is 0 Å². The van der Waals surface area contributed by atoms with E-state index in [1.807, 2.05) is 4.90 Å². The number of hydrogen-bond donors (Lipinski definition) is 1. The molecule has 3 rings (SSSR count). The van der Waals surface area contributed by atoms with Crippen molar-refractivity contribution >= 4 is 21.8 Å². The third kappa shape index (κ3) is 4.04. The lowest BCUT2D eigenvalue weighted by Gasteiger charge is -2.36. The number of furan rings is 1. The van der Waals surface area contributed by atoms with Crippen molar-refractivity contribution in [3.05, 3.63) is 17.9 Å². The predicted octanol–water partition coefficient (Wildman–Crippen LogP) is 0.792. The highest BCUT2D eigenvalue weighted by molar-refractivity contribution is 7.89. The molecule has 2 aliphatic rings. The molecule has 1 saturated heterocycles. The molecule has 0 radical (unpaired) electrons. The maximum absolute atomic E-state index is 12.5. The quantitative estimate of drug-likeness (QED) is 0.846. The number of piperazine rings is 1. The molecule has 2 heterocycles. The number of hydrogen-bond acceptors (Lipinski definition) is 5. The van der Waals surface area contributed by atoms with Gasteiger partial charge in [-0.15, -0.1) is 0 Å². The summed E-state index contributed by atoms with van der Waals surface area (Å²) in [4.78, 5) is 28.3. The zero-order chi connectivity index (χ0) is 18.0. The average Bonchev–Trinajstić information content (AvgIpc) is 3.12. The summed E-state index contributed by atoms with van der Waals surface area (Å²) in [5.74, 6) is -0.129. The number of sulfonamides is 1. The summed E-state index contributed by atoms with van der Waals surface area (Å²) in [7, 11) is -3.97. The summed E-state index contributed by atoms with van der Waals surface area (Å²) in [6.45, 7) is 1.79. The molecule has 2 amide bonds. The van der Waals surface area contributed by atoms with Crippen LogP contribution in [0, 0.1) is 5.92 Å². The SMILES string of the molecule is NS(=O)(=O)c1ccc(C(=O)N2CCN(C(=O)C3CCCCC3)CC2)o1. The second-order valence-electron chi connectivity index (χ2n) is 6.62. The van der Waals surface area contributed by atoms with Gasteiger partial charge in [0, 0.05) is 32.1 Å². The first-order valence-electron chi connectivity index (χ1n) is 8.57. The number of nitrogens with zero attached hydrogens (tertiary/aromatic N) is 2. The molecule has 1 saturated carbocycles. The number of primary sulfonamides is 1. The molecular formula is C16H23N3O5S. The summed E-state index contributed by atoms with van der Waals surface area (Å²) < 4.78 is 27.5. The Morgan fingerprint density at radius 3 is 2.16 bits per heavy atom. The molecule has 0 unspecified atom stereocenters. The molecular weight excluding hydrogens is 346 g/mol. The number of carbonyl (C=O) groups is 2. The normalized spacial score (nSPS) is 19.9. The van der Waals surface area contributed by atoms with E-state index in [4.69, 9.17) is 9.56 Å². The van der Waals surface area contributed by atoms with Crippen molar-refractivity contribution in [3.8, 4) is 0 Å². The fourth-order valence-electron chi connectivity index (χ4n) is 3.48. The number of rotatable bonds is 3. The monoisotopic (exact) mass is 369 g/mol. The van der Waals surface area contributed by atoms with Gasteiger partial charge in [-0.3, -0.25) is 9.59 Å². The largest absolute Gasteiger partial charge is 0.438 e. The molecule has 1 aromatic heterocycles. The van der Waals surface area contributed by atoms with E-state index in [0.717, 1.165) is 25.7 Å². The van der Waals surface area contributed by atoms with Crippen molar-refractivity contribution in [1.29, 1.82) is 0 Å². The van der Waals surface area contributed by atoms with Gasteiger partial charge in [-0.1, -0.05) is 19.3 Å². The molecule has 1 aliphatic carbocycles. The zero-order valence-electron chi connectivity index (χ0n) is 14.0. The Bertz CT molecular complexity index is 744. The van der Waals surface area contributed by atoms with Crippen molar-refractivity contribution < 1.29 is 22.4 Å². The zero-order valence-corrected chi connectivity index (χ0v) is 14.8. The Morgan fingerprint density at radius 1 is 1.00 bits per heavy atom. The van der Waals surface area contributed by atoms with Crippen molar-refractivity contribution in [1.82, 2.24) is 9.80 Å². The van der Waals surface area contributed by atoms with E-state index in [9.17, 15) is 18.0 Å². The second kappa shape index (κ2) is 7.17. The van der Waals surface area contributed by atoms with Gasteiger partial charge in [0.05, 0.1) is 0 Å². The van der Waals surface area contributed by atoms with Crippen LogP contribution in [-0.2, 0) is 14.8 Å². The van der Waals surface area contributed by atoms with Gasteiger partial charge in [0.2, 0.25) is 11.0 Å². The Morgan fingerprint density at radius 2 is 1.60 bits per heavy atom. The molecule has 2 fully saturated rings. The molecule has 8 nitrogen and oxygen atoms in total. The van der Waals surface area contributed by atoms with Crippen LogP contribution in [0.2, 0.25) is 0 Å². The van der Waals surface area contributed by atoms with Crippen molar-refractivity contribution in [2.24, 2.45) is 11.1 Å². The van der Waals surface area contributed by atoms with Gasteiger partial charge in [0.1, 0.15) is 0 Å². The standard InChI is InChI=1S/C16H23N3O5S/c17-25(22,23)14-7-6-13(24-14)16(21)19-10-8-18(9-11-19)15(20)12-4-2-1-3-5-12/h6-7,12H,1-5,8-11H2,(H2,17,22,23). The first-order chi connectivity index (χ1) is 11.9. The van der Waals surface area contributed by atoms with Crippen LogP contribution in [0.5, 0.6) is 0 Å². The van der Waals surface area contributed by atoms with E-state index in [1.165, 1.54) is 18.6 Å². The fraction of sp³-hybridized carbons (Fsp3) is 0.625. The Labute approximate surface area is 147 Å². The molecule has 2 N–H and O–H groups in total. The third-order valence-electron chi connectivity index (χ3n) is 4.91. The van der Waals surface area contributed by atoms with Crippen LogP contribution in [-0.4, -0.2) is 56.2 Å². The number of nitrogens with two attached hydrogens (primary N) is 1. The van der Waals surface area contributed by atoms with Gasteiger partial charge in [-0.05, 0) is 25.0 Å². The highest BCUT2D eigenvalue weighted by atomic mass is 32.2. The number of carbonyl (C=O) groups excluding carboxylic acids is 2. The molecule has 0 aromatic carbocycles. The van der Waals surface area contributed by atoms with E-state index >= 15 is 0 Å². The summed E-state index contributed by atoms with van der Waals surface area (Å²) in [6, 6.07) is 2.48. The summed E-state index contributed by atoms with van der Waals surface area (Å²) in [5, 5.41) is 4.55. The van der Waals surface area contributed by atoms with Crippen molar-refractivity contribution in [3.63, 3.8) is 0 Å². The highest BCUT2D eigenvalue weighted by Gasteiger charge is 2.31. The lowest BCUT2D eigenvalue weighted by molar-refractivity contribution is -0.138. The van der Waals surface area contributed by atoms with E-state index in [1.54, 1.807) is 4.90 Å². The summed E-state index contributed by atoms with van der Waals surface area (Å²) >= 11 is 0. The lowest BCUT2D eigenvalue weighted by Crippen LogP contribution is -2.52. The van der Waals surface area contributed by atoms with E-state index in [-0.39, 0.29) is 23.5 Å². The van der Waals surface area contributed by atoms with Crippen LogP contribution in [0.15, 0.2) is 21.6 Å². The summed E-state index contributed by atoms with van der Waals surface area (Å²) in [5.41, 5.74) is 0. The van der Waals surface area contributed by atoms with Crippen LogP contribution < -0.4 is 5.14 Å². The Balaban J connectivity index is 1.57. The maximum atomic E-state index is 12.5. The van der Waals surface area contributed by atoms with Crippen LogP contribution in [0.3, 0.4) is 0 Å². The van der Waals surface area contributed by atoms with E-state index in [2.05, 4.69) is 0 Å². The van der Waals surface area contributed by atoms with E-state index < -0.39 is 15.1 Å². The van der Waals surface area contributed by atoms with Gasteiger partial charge in [-0.2, -0.15) is 0 Å². The maximum Gasteiger partial charge on any atom is 0.289 e. The average molecular weight is 369 g/mol. The highest BCUT2D eigenvalue weighted by Crippen LogP contribution is 2.26. The Kier molecular flexibility index (Phi) is 5.14. The van der Waals surface area contributed by atoms with Crippen molar-refractivity contribution in [2.45, 2.75) is 37.2 Å². The predicted molar refractivity (Wildman–Crippen MR) is 89.1 cm³/mol. The Hall–Kier alpha value is -1.87. The molecule has 25 heavy (non-hydrogen) atoms. The lowest BCUT2D eigenvalue weighted by atomic mass is 9.88. The molecule has 138 valence electrons. The number of amides is 2. The van der Waals surface area contributed by atoms with Gasteiger partial charge in [-0.25, -0.2) is 13.6 Å². The van der Waals surface area contributed by atoms with Crippen LogP contribution >= 0.6 is 0 Å². The topological polar surface area (TPSA) is 114 Å². The molecule has 9 heteroatoms. The van der Waals surface area contributed by atoms with Crippen LogP contribution in [0.1, 0.15) is 42.7 Å². The molecule has 1 aliphatic heterocycles. The molecule has 0 spiro atoms. The molecule has 1 aromatic rings. The van der Waals surface area contributed by atoms with Gasteiger partial charge < -0.3 is 14.2 Å². The fourth-order valence-corrected chi connectivity index (χ4v) is 3.95. The second-order valence-corrected chi connectivity index (χ2v) is 8.11. The minimum absolute atomic E-state index is 0.0592. The smallest absolute Gasteiger partial charge is 0.289 e. The van der Waals surface area contributed by atoms with Gasteiger partial charge >= 0.3 is 0 Å². The van der Waals surface area contributed by atoms with Crippen molar-refractivity contribution in [2.75, 3.05) is 26.2 Å². The van der Waals surface area contributed by atoms with E-state index in [0.29, 0.717) is 26.2 Å². The summed E-state index contributed by atoms with van der Waals surface area (Å²) in [6.07, 6.45) is 5.34. The van der Waals surface area contributed by atoms with Gasteiger partial charge in [0.25, 0.3) is 15.9 Å². The minimum atomic E-state index is -3.97. The first-order valence-corrected chi connectivity index (χ1v) is 10.1. The van der Waals surface area contributed by atoms with Crippen LogP contribution in [0.25, 0.3) is 0 Å². The minimum Gasteiger partial charge on any atom is -0.438 e. The molecule has 0 atom stereocenters. The third-order valence-corrected chi connectivity index (χ3v) is 5.69.